The zero-order valence-electron chi connectivity index (χ0n) is 12.5. The number of aromatic nitrogens is 2. The number of hydrogen-bond donors (Lipinski definition) is 2. The van der Waals surface area contributed by atoms with Crippen molar-refractivity contribution in [1.82, 2.24) is 9.97 Å². The van der Waals surface area contributed by atoms with Crippen molar-refractivity contribution in [3.8, 4) is 6.07 Å². The molecule has 0 aliphatic carbocycles. The molecule has 1 aromatic heterocycles. The molecule has 0 unspecified atom stereocenters. The van der Waals surface area contributed by atoms with Gasteiger partial charge in [0, 0.05) is 18.5 Å². The highest BCUT2D eigenvalue weighted by molar-refractivity contribution is 5.65. The average Bonchev–Trinajstić information content (AvgIpc) is 2.48. The molecule has 0 atom stereocenters. The first-order valence-corrected chi connectivity index (χ1v) is 7.03. The van der Waals surface area contributed by atoms with Crippen LogP contribution in [0.5, 0.6) is 0 Å². The van der Waals surface area contributed by atoms with Crippen LogP contribution in [0.3, 0.4) is 0 Å². The first kappa shape index (κ1) is 14.8. The van der Waals surface area contributed by atoms with Gasteiger partial charge in [0.15, 0.2) is 0 Å². The summed E-state index contributed by atoms with van der Waals surface area (Å²) in [5.74, 6) is 2.47. The normalized spacial score (nSPS) is 10.2. The molecule has 1 aromatic carbocycles. The quantitative estimate of drug-likeness (QED) is 0.875. The molecule has 0 saturated heterocycles. The van der Waals surface area contributed by atoms with Crippen molar-refractivity contribution in [3.05, 3.63) is 41.7 Å². The Morgan fingerprint density at radius 2 is 1.90 bits per heavy atom. The molecule has 0 bridgehead atoms. The van der Waals surface area contributed by atoms with Gasteiger partial charge in [0.1, 0.15) is 23.5 Å². The SMILES string of the molecule is CCNc1cc(Nc2ccccc2C#N)nc(C(C)C)n1. The molecule has 108 valence electrons. The predicted molar refractivity (Wildman–Crippen MR) is 84.7 cm³/mol. The van der Waals surface area contributed by atoms with E-state index >= 15 is 0 Å². The molecule has 0 spiro atoms. The Labute approximate surface area is 125 Å². The number of rotatable bonds is 5. The van der Waals surface area contributed by atoms with E-state index in [0.29, 0.717) is 11.4 Å². The Bertz CT molecular complexity index is 658. The zero-order valence-corrected chi connectivity index (χ0v) is 12.5. The van der Waals surface area contributed by atoms with Gasteiger partial charge in [0.2, 0.25) is 0 Å². The summed E-state index contributed by atoms with van der Waals surface area (Å²) in [5, 5.41) is 15.5. The second kappa shape index (κ2) is 6.71. The standard InChI is InChI=1S/C16H19N5/c1-4-18-14-9-15(21-16(20-14)11(2)3)19-13-8-6-5-7-12(13)10-17/h5-9,11H,4H2,1-3H3,(H2,18,19,20,21). The van der Waals surface area contributed by atoms with Gasteiger partial charge in [0.25, 0.3) is 0 Å². The van der Waals surface area contributed by atoms with Crippen LogP contribution in [-0.4, -0.2) is 16.5 Å². The van der Waals surface area contributed by atoms with Crippen molar-refractivity contribution in [3.63, 3.8) is 0 Å². The Balaban J connectivity index is 2.37. The molecule has 1 heterocycles. The van der Waals surface area contributed by atoms with E-state index < -0.39 is 0 Å². The molecule has 0 aliphatic heterocycles. The zero-order chi connectivity index (χ0) is 15.2. The van der Waals surface area contributed by atoms with Gasteiger partial charge < -0.3 is 10.6 Å². The molecule has 0 amide bonds. The van der Waals surface area contributed by atoms with E-state index in [1.165, 1.54) is 0 Å². The third-order valence-electron chi connectivity index (χ3n) is 2.93. The van der Waals surface area contributed by atoms with Crippen molar-refractivity contribution in [2.45, 2.75) is 26.7 Å². The fraction of sp³-hybridized carbons (Fsp3) is 0.312. The van der Waals surface area contributed by atoms with Crippen molar-refractivity contribution >= 4 is 17.3 Å². The lowest BCUT2D eigenvalue weighted by molar-refractivity contribution is 0.777. The molecular weight excluding hydrogens is 262 g/mol. The van der Waals surface area contributed by atoms with Gasteiger partial charge in [-0.15, -0.1) is 0 Å². The van der Waals surface area contributed by atoms with Crippen LogP contribution >= 0.6 is 0 Å². The molecule has 5 heteroatoms. The van der Waals surface area contributed by atoms with Gasteiger partial charge >= 0.3 is 0 Å². The van der Waals surface area contributed by atoms with Gasteiger partial charge in [-0.2, -0.15) is 5.26 Å². The van der Waals surface area contributed by atoms with E-state index in [0.717, 1.165) is 23.9 Å². The molecule has 2 aromatic rings. The maximum atomic E-state index is 9.14. The second-order valence-corrected chi connectivity index (χ2v) is 4.96. The van der Waals surface area contributed by atoms with Gasteiger partial charge in [-0.05, 0) is 19.1 Å². The first-order valence-electron chi connectivity index (χ1n) is 7.03. The minimum absolute atomic E-state index is 0.232. The first-order chi connectivity index (χ1) is 10.1. The molecule has 0 fully saturated rings. The summed E-state index contributed by atoms with van der Waals surface area (Å²) in [6, 6.07) is 11.4. The highest BCUT2D eigenvalue weighted by atomic mass is 15.1. The predicted octanol–water partition coefficient (Wildman–Crippen LogP) is 3.65. The average molecular weight is 281 g/mol. The van der Waals surface area contributed by atoms with Crippen LogP contribution in [0.4, 0.5) is 17.3 Å². The summed E-state index contributed by atoms with van der Waals surface area (Å²) in [6.07, 6.45) is 0. The van der Waals surface area contributed by atoms with Crippen molar-refractivity contribution in [2.75, 3.05) is 17.2 Å². The van der Waals surface area contributed by atoms with E-state index in [9.17, 15) is 0 Å². The summed E-state index contributed by atoms with van der Waals surface area (Å²) in [6.45, 7) is 6.92. The maximum Gasteiger partial charge on any atom is 0.136 e. The Hall–Kier alpha value is -2.61. The number of nitrogens with zero attached hydrogens (tertiary/aromatic N) is 3. The summed E-state index contributed by atoms with van der Waals surface area (Å²) < 4.78 is 0. The van der Waals surface area contributed by atoms with E-state index in [-0.39, 0.29) is 5.92 Å². The highest BCUT2D eigenvalue weighted by Gasteiger charge is 2.09. The highest BCUT2D eigenvalue weighted by Crippen LogP contribution is 2.22. The Morgan fingerprint density at radius 3 is 2.57 bits per heavy atom. The summed E-state index contributed by atoms with van der Waals surface area (Å²) in [4.78, 5) is 8.99. The second-order valence-electron chi connectivity index (χ2n) is 4.96. The molecule has 2 N–H and O–H groups in total. The molecular formula is C16H19N5. The summed E-state index contributed by atoms with van der Waals surface area (Å²) in [7, 11) is 0. The smallest absolute Gasteiger partial charge is 0.136 e. The summed E-state index contributed by atoms with van der Waals surface area (Å²) in [5.41, 5.74) is 1.34. The Kier molecular flexibility index (Phi) is 4.72. The lowest BCUT2D eigenvalue weighted by Gasteiger charge is -2.12. The number of benzene rings is 1. The number of hydrogen-bond acceptors (Lipinski definition) is 5. The lowest BCUT2D eigenvalue weighted by atomic mass is 10.2. The Morgan fingerprint density at radius 1 is 1.19 bits per heavy atom. The third kappa shape index (κ3) is 3.69. The van der Waals surface area contributed by atoms with Crippen LogP contribution in [0.1, 0.15) is 38.1 Å². The lowest BCUT2D eigenvalue weighted by Crippen LogP contribution is -2.07. The van der Waals surface area contributed by atoms with Crippen molar-refractivity contribution < 1.29 is 0 Å². The van der Waals surface area contributed by atoms with Crippen LogP contribution in [0, 0.1) is 11.3 Å². The molecule has 5 nitrogen and oxygen atoms in total. The minimum Gasteiger partial charge on any atom is -0.370 e. The monoisotopic (exact) mass is 281 g/mol. The minimum atomic E-state index is 0.232. The largest absolute Gasteiger partial charge is 0.370 e. The molecule has 21 heavy (non-hydrogen) atoms. The van der Waals surface area contributed by atoms with Crippen molar-refractivity contribution in [1.29, 1.82) is 5.26 Å². The maximum absolute atomic E-state index is 9.14. The van der Waals surface area contributed by atoms with Gasteiger partial charge in [-0.1, -0.05) is 26.0 Å². The van der Waals surface area contributed by atoms with E-state index in [1.54, 1.807) is 6.07 Å². The number of para-hydroxylation sites is 1. The van der Waals surface area contributed by atoms with E-state index in [4.69, 9.17) is 5.26 Å². The van der Waals surface area contributed by atoms with Gasteiger partial charge in [0.05, 0.1) is 11.3 Å². The fourth-order valence-corrected chi connectivity index (χ4v) is 1.89. The van der Waals surface area contributed by atoms with Crippen molar-refractivity contribution in [2.24, 2.45) is 0 Å². The molecule has 0 radical (unpaired) electrons. The van der Waals surface area contributed by atoms with Crippen LogP contribution in [-0.2, 0) is 0 Å². The van der Waals surface area contributed by atoms with Crippen LogP contribution in [0.2, 0.25) is 0 Å². The van der Waals surface area contributed by atoms with Gasteiger partial charge in [-0.25, -0.2) is 9.97 Å². The van der Waals surface area contributed by atoms with Gasteiger partial charge in [-0.3, -0.25) is 0 Å². The summed E-state index contributed by atoms with van der Waals surface area (Å²) >= 11 is 0. The van der Waals surface area contributed by atoms with Crippen LogP contribution in [0.25, 0.3) is 0 Å². The number of nitrogens with one attached hydrogen (secondary N) is 2. The molecule has 2 rings (SSSR count). The molecule has 0 saturated carbocycles. The topological polar surface area (TPSA) is 73.6 Å². The third-order valence-corrected chi connectivity index (χ3v) is 2.93. The molecule has 0 aliphatic rings. The van der Waals surface area contributed by atoms with E-state index in [2.05, 4.69) is 40.5 Å². The van der Waals surface area contributed by atoms with Crippen LogP contribution in [0.15, 0.2) is 30.3 Å². The number of nitriles is 1. The number of anilines is 3. The van der Waals surface area contributed by atoms with Crippen LogP contribution < -0.4 is 10.6 Å². The van der Waals surface area contributed by atoms with E-state index in [1.807, 2.05) is 31.2 Å². The fourth-order valence-electron chi connectivity index (χ4n) is 1.89.